The largest absolute Gasteiger partial charge is 0.165 e. The van der Waals surface area contributed by atoms with Crippen LogP contribution in [0.25, 0.3) is 21.5 Å². The molecule has 0 aromatic heterocycles. The summed E-state index contributed by atoms with van der Waals surface area (Å²) in [5.41, 5.74) is 5.71. The first kappa shape index (κ1) is 21.1. The molecule has 0 unspecified atom stereocenters. The van der Waals surface area contributed by atoms with E-state index in [1.54, 1.807) is 0 Å². The van der Waals surface area contributed by atoms with Crippen molar-refractivity contribution < 1.29 is 23.0 Å². The van der Waals surface area contributed by atoms with Crippen molar-refractivity contribution >= 4 is 27.0 Å². The van der Waals surface area contributed by atoms with Gasteiger partial charge in [-0.25, -0.2) is 0 Å². The molecule has 0 fully saturated rings. The molecule has 2 heteroatoms. The number of hydrogen-bond acceptors (Lipinski definition) is 0. The van der Waals surface area contributed by atoms with E-state index >= 15 is 0 Å². The molecule has 0 nitrogen and oxygen atoms in total. The zero-order valence-electron chi connectivity index (χ0n) is 16.8. The summed E-state index contributed by atoms with van der Waals surface area (Å²) in [5, 5.41) is 5.51. The molecule has 0 saturated heterocycles. The molecule has 0 N–H and O–H groups in total. The van der Waals surface area contributed by atoms with Gasteiger partial charge in [0.15, 0.2) is 0 Å². The molecular formula is C24H28HfSi. The van der Waals surface area contributed by atoms with Crippen LogP contribution in [0.5, 0.6) is 0 Å². The Labute approximate surface area is 173 Å². The first-order valence-corrected chi connectivity index (χ1v) is 16.9. The van der Waals surface area contributed by atoms with Crippen LogP contribution < -0.4 is 0 Å². The molecule has 0 saturated carbocycles. The second-order valence-corrected chi connectivity index (χ2v) is 20.0. The maximum absolute atomic E-state index is 2.33. The van der Waals surface area contributed by atoms with Crippen molar-refractivity contribution in [2.24, 2.45) is 0 Å². The number of aryl methyl sites for hydroxylation is 4. The molecule has 4 aromatic carbocycles. The summed E-state index contributed by atoms with van der Waals surface area (Å²) in [4.78, 5) is 0. The Morgan fingerprint density at radius 3 is 1.35 bits per heavy atom. The monoisotopic (exact) mass is 524 g/mol. The van der Waals surface area contributed by atoms with Gasteiger partial charge < -0.3 is 0 Å². The molecule has 0 heterocycles. The standard InChI is InChI=1S/2C11H11.C2H6Si.Hf/c2*1-8-6-10-5-3-4-9(2)11(10)7-8;1-3-2;/h2*3-7H,1-2H3;1-2H3;/q2*-1;;+2. The van der Waals surface area contributed by atoms with Gasteiger partial charge in [-0.05, 0) is 13.8 Å². The van der Waals surface area contributed by atoms with Crippen molar-refractivity contribution in [1.82, 2.24) is 0 Å². The fraction of sp³-hybridized carbons (Fsp3) is 0.250. The van der Waals surface area contributed by atoms with E-state index in [0.717, 1.165) is 0 Å². The first-order chi connectivity index (χ1) is 12.3. The van der Waals surface area contributed by atoms with Crippen LogP contribution in [0.1, 0.15) is 22.3 Å². The van der Waals surface area contributed by atoms with E-state index < -0.39 is 0 Å². The minimum Gasteiger partial charge on any atom is -0.165 e. The molecule has 0 spiro atoms. The molecule has 4 rings (SSSR count). The summed E-state index contributed by atoms with van der Waals surface area (Å²) < 4.78 is 0. The van der Waals surface area contributed by atoms with E-state index in [1.165, 1.54) is 66.8 Å². The van der Waals surface area contributed by atoms with Crippen LogP contribution >= 0.6 is 0 Å². The molecule has 0 radical (unpaired) electrons. The van der Waals surface area contributed by atoms with Gasteiger partial charge in [0.1, 0.15) is 0 Å². The summed E-state index contributed by atoms with van der Waals surface area (Å²) in [6.45, 7) is 13.2. The normalized spacial score (nSPS) is 10.2. The third-order valence-corrected chi connectivity index (χ3v) is 4.23. The number of benzene rings is 2. The van der Waals surface area contributed by atoms with E-state index in [-0.39, 0.29) is 5.49 Å². The third kappa shape index (κ3) is 5.89. The SMILES string of the molecule is C[Si](C)=[Hf+2].Cc1cc2c(C)cccc2[cH-]1.Cc1cc2c(C)cccc2[cH-]1. The van der Waals surface area contributed by atoms with Gasteiger partial charge in [0.25, 0.3) is 0 Å². The van der Waals surface area contributed by atoms with Crippen LogP contribution in [-0.2, 0) is 23.0 Å². The van der Waals surface area contributed by atoms with Crippen LogP contribution in [0.2, 0.25) is 13.1 Å². The average Bonchev–Trinajstić information content (AvgIpc) is 3.11. The Morgan fingerprint density at radius 2 is 1.04 bits per heavy atom. The summed E-state index contributed by atoms with van der Waals surface area (Å²) in [7, 11) is 0. The maximum atomic E-state index is 2.33. The Hall–Kier alpha value is -1.25. The molecule has 0 aliphatic rings. The molecule has 132 valence electrons. The number of fused-ring (bicyclic) bond motifs is 2. The van der Waals surface area contributed by atoms with Crippen molar-refractivity contribution in [3.63, 3.8) is 0 Å². The minimum atomic E-state index is 0.259. The van der Waals surface area contributed by atoms with E-state index in [2.05, 4.69) is 101 Å². The van der Waals surface area contributed by atoms with Gasteiger partial charge in [0, 0.05) is 0 Å². The van der Waals surface area contributed by atoms with Gasteiger partial charge in [-0.1, -0.05) is 37.1 Å². The Balaban J connectivity index is 0.000000156. The fourth-order valence-electron chi connectivity index (χ4n) is 3.08. The van der Waals surface area contributed by atoms with Crippen molar-refractivity contribution in [2.45, 2.75) is 40.8 Å². The second-order valence-electron chi connectivity index (χ2n) is 7.22. The summed E-state index contributed by atoms with van der Waals surface area (Å²) in [6, 6.07) is 21.8. The van der Waals surface area contributed by atoms with E-state index in [4.69, 9.17) is 0 Å². The Kier molecular flexibility index (Phi) is 7.79. The Morgan fingerprint density at radius 1 is 0.692 bits per heavy atom. The molecule has 0 atom stereocenters. The molecule has 0 amide bonds. The van der Waals surface area contributed by atoms with Gasteiger partial charge in [0.2, 0.25) is 0 Å². The fourth-order valence-corrected chi connectivity index (χ4v) is 3.08. The van der Waals surface area contributed by atoms with E-state index in [9.17, 15) is 0 Å². The van der Waals surface area contributed by atoms with Crippen LogP contribution in [0.15, 0.2) is 60.7 Å². The van der Waals surface area contributed by atoms with E-state index in [0.29, 0.717) is 0 Å². The summed E-state index contributed by atoms with van der Waals surface area (Å²) in [6.07, 6.45) is 0. The van der Waals surface area contributed by atoms with Crippen molar-refractivity contribution in [1.29, 1.82) is 0 Å². The first-order valence-electron chi connectivity index (χ1n) is 9.05. The minimum absolute atomic E-state index is 0.259. The topological polar surface area (TPSA) is 0 Å². The van der Waals surface area contributed by atoms with Crippen LogP contribution in [0.4, 0.5) is 0 Å². The molecule has 0 aliphatic heterocycles. The quantitative estimate of drug-likeness (QED) is 0.170. The van der Waals surface area contributed by atoms with Gasteiger partial charge in [-0.2, -0.15) is 12.1 Å². The van der Waals surface area contributed by atoms with Crippen molar-refractivity contribution in [3.8, 4) is 0 Å². The van der Waals surface area contributed by atoms with Gasteiger partial charge in [0.05, 0.1) is 0 Å². The van der Waals surface area contributed by atoms with Crippen molar-refractivity contribution in [3.05, 3.63) is 82.9 Å². The molecule has 0 bridgehead atoms. The Bertz CT molecular complexity index is 935. The predicted octanol–water partition coefficient (Wildman–Crippen LogP) is 7.14. The van der Waals surface area contributed by atoms with Crippen LogP contribution in [0.3, 0.4) is 0 Å². The summed E-state index contributed by atoms with van der Waals surface area (Å²) >= 11 is 1.45. The summed E-state index contributed by atoms with van der Waals surface area (Å²) in [5.74, 6) is 0. The average molecular weight is 523 g/mol. The molecule has 26 heavy (non-hydrogen) atoms. The third-order valence-electron chi connectivity index (χ3n) is 4.23. The maximum Gasteiger partial charge on any atom is -0.0488 e. The number of rotatable bonds is 0. The van der Waals surface area contributed by atoms with Gasteiger partial charge in [-0.15, -0.1) is 69.1 Å². The molecular weight excluding hydrogens is 495 g/mol. The number of hydrogen-bond donors (Lipinski definition) is 0. The van der Waals surface area contributed by atoms with Crippen molar-refractivity contribution in [2.75, 3.05) is 0 Å². The van der Waals surface area contributed by atoms with Crippen LogP contribution in [0, 0.1) is 27.7 Å². The zero-order chi connectivity index (χ0) is 19.3. The predicted molar refractivity (Wildman–Crippen MR) is 116 cm³/mol. The smallest absolute Gasteiger partial charge is 0.0488 e. The molecule has 4 aromatic rings. The second kappa shape index (κ2) is 9.62. The van der Waals surface area contributed by atoms with Crippen LogP contribution in [-0.4, -0.2) is 5.49 Å². The van der Waals surface area contributed by atoms with E-state index in [1.807, 2.05) is 0 Å². The van der Waals surface area contributed by atoms with Gasteiger partial charge in [-0.3, -0.25) is 0 Å². The zero-order valence-corrected chi connectivity index (χ0v) is 21.4. The van der Waals surface area contributed by atoms with Gasteiger partial charge >= 0.3 is 41.6 Å². The molecule has 0 aliphatic carbocycles.